The van der Waals surface area contributed by atoms with Gasteiger partial charge in [-0.1, -0.05) is 0 Å². The molecule has 8 heteroatoms. The van der Waals surface area contributed by atoms with Crippen molar-refractivity contribution in [2.75, 3.05) is 31.6 Å². The third-order valence-electron chi connectivity index (χ3n) is 5.28. The zero-order chi connectivity index (χ0) is 18.5. The number of nitrogens with one attached hydrogen (secondary N) is 1. The first-order chi connectivity index (χ1) is 13.3. The fourth-order valence-corrected chi connectivity index (χ4v) is 3.74. The van der Waals surface area contributed by atoms with Crippen molar-refractivity contribution in [3.63, 3.8) is 0 Å². The number of amides is 1. The topological polar surface area (TPSA) is 93.1 Å². The van der Waals surface area contributed by atoms with Gasteiger partial charge in [0, 0.05) is 62.4 Å². The zero-order valence-corrected chi connectivity index (χ0v) is 15.3. The molecule has 0 radical (unpaired) electrons. The van der Waals surface area contributed by atoms with Crippen molar-refractivity contribution in [2.24, 2.45) is 5.92 Å². The minimum atomic E-state index is 0.136. The SMILES string of the molecule is O=C(C1CCOCC1)N1CCC(c2ccnc(Nc3cnccn3)n2)CC1. The standard InChI is InChI=1S/C19H24N6O2/c26-18(15-4-11-27-12-5-15)25-9-2-14(3-10-25)16-1-6-22-19(23-16)24-17-13-20-7-8-21-17/h1,6-8,13-15H,2-5,9-12H2,(H,21,22,23,24). The number of anilines is 2. The molecule has 2 fully saturated rings. The van der Waals surface area contributed by atoms with E-state index in [-0.39, 0.29) is 5.92 Å². The summed E-state index contributed by atoms with van der Waals surface area (Å²) in [4.78, 5) is 31.8. The smallest absolute Gasteiger partial charge is 0.228 e. The molecule has 2 aliphatic heterocycles. The van der Waals surface area contributed by atoms with Gasteiger partial charge >= 0.3 is 0 Å². The second-order valence-corrected chi connectivity index (χ2v) is 7.01. The highest BCUT2D eigenvalue weighted by Crippen LogP contribution is 2.29. The maximum absolute atomic E-state index is 12.7. The number of carbonyl (C=O) groups excluding carboxylic acids is 1. The summed E-state index contributed by atoms with van der Waals surface area (Å²) in [5.74, 6) is 1.91. The number of rotatable bonds is 4. The molecule has 0 bridgehead atoms. The van der Waals surface area contributed by atoms with Crippen molar-refractivity contribution in [3.05, 3.63) is 36.5 Å². The highest BCUT2D eigenvalue weighted by molar-refractivity contribution is 5.79. The Hall–Kier alpha value is -2.61. The van der Waals surface area contributed by atoms with Crippen molar-refractivity contribution >= 4 is 17.7 Å². The maximum atomic E-state index is 12.7. The number of ether oxygens (including phenoxy) is 1. The summed E-state index contributed by atoms with van der Waals surface area (Å²) >= 11 is 0. The Bertz CT molecular complexity index is 758. The zero-order valence-electron chi connectivity index (χ0n) is 15.3. The van der Waals surface area contributed by atoms with Crippen LogP contribution in [0.4, 0.5) is 11.8 Å². The molecule has 2 aromatic rings. The molecule has 0 aliphatic carbocycles. The van der Waals surface area contributed by atoms with Crippen LogP contribution < -0.4 is 5.32 Å². The van der Waals surface area contributed by atoms with Crippen molar-refractivity contribution in [1.29, 1.82) is 0 Å². The molecule has 0 spiro atoms. The predicted octanol–water partition coefficient (Wildman–Crippen LogP) is 2.14. The van der Waals surface area contributed by atoms with E-state index in [9.17, 15) is 4.79 Å². The van der Waals surface area contributed by atoms with Gasteiger partial charge in [-0.05, 0) is 31.7 Å². The number of hydrogen-bond acceptors (Lipinski definition) is 7. The number of nitrogens with zero attached hydrogens (tertiary/aromatic N) is 5. The first kappa shape index (κ1) is 17.8. The third-order valence-corrected chi connectivity index (χ3v) is 5.28. The van der Waals surface area contributed by atoms with E-state index in [1.807, 2.05) is 11.0 Å². The summed E-state index contributed by atoms with van der Waals surface area (Å²) in [6.45, 7) is 2.99. The second kappa shape index (κ2) is 8.39. The summed E-state index contributed by atoms with van der Waals surface area (Å²) in [7, 11) is 0. The van der Waals surface area contributed by atoms with Crippen molar-refractivity contribution in [2.45, 2.75) is 31.6 Å². The van der Waals surface area contributed by atoms with Gasteiger partial charge < -0.3 is 15.0 Å². The molecule has 2 aromatic heterocycles. The lowest BCUT2D eigenvalue weighted by Crippen LogP contribution is -2.42. The van der Waals surface area contributed by atoms with Crippen LogP contribution in [-0.2, 0) is 9.53 Å². The molecule has 8 nitrogen and oxygen atoms in total. The second-order valence-electron chi connectivity index (χ2n) is 7.01. The van der Waals surface area contributed by atoms with Crippen LogP contribution in [0.25, 0.3) is 0 Å². The quantitative estimate of drug-likeness (QED) is 0.884. The van der Waals surface area contributed by atoms with Crippen LogP contribution >= 0.6 is 0 Å². The van der Waals surface area contributed by atoms with Gasteiger partial charge in [0.2, 0.25) is 11.9 Å². The molecule has 1 N–H and O–H groups in total. The lowest BCUT2D eigenvalue weighted by Gasteiger charge is -2.35. The Morgan fingerprint density at radius 1 is 1.07 bits per heavy atom. The molecule has 1 amide bonds. The molecule has 27 heavy (non-hydrogen) atoms. The van der Waals surface area contributed by atoms with E-state index in [1.165, 1.54) is 0 Å². The van der Waals surface area contributed by atoms with Gasteiger partial charge in [0.25, 0.3) is 0 Å². The van der Waals surface area contributed by atoms with Crippen LogP contribution in [0.15, 0.2) is 30.9 Å². The fourth-order valence-electron chi connectivity index (χ4n) is 3.74. The Morgan fingerprint density at radius 3 is 2.63 bits per heavy atom. The lowest BCUT2D eigenvalue weighted by molar-refractivity contribution is -0.139. The fraction of sp³-hybridized carbons (Fsp3) is 0.526. The van der Waals surface area contributed by atoms with E-state index in [0.717, 1.165) is 44.5 Å². The van der Waals surface area contributed by atoms with Crippen LogP contribution in [0.1, 0.15) is 37.3 Å². The van der Waals surface area contributed by atoms with Gasteiger partial charge in [0.05, 0.1) is 6.20 Å². The molecular weight excluding hydrogens is 344 g/mol. The molecule has 4 heterocycles. The molecular formula is C19H24N6O2. The number of hydrogen-bond donors (Lipinski definition) is 1. The van der Waals surface area contributed by atoms with E-state index in [0.29, 0.717) is 36.8 Å². The minimum Gasteiger partial charge on any atom is -0.381 e. The van der Waals surface area contributed by atoms with E-state index in [4.69, 9.17) is 4.74 Å². The van der Waals surface area contributed by atoms with Gasteiger partial charge in [-0.3, -0.25) is 9.78 Å². The number of aromatic nitrogens is 4. The van der Waals surface area contributed by atoms with E-state index < -0.39 is 0 Å². The highest BCUT2D eigenvalue weighted by Gasteiger charge is 2.30. The molecule has 4 rings (SSSR count). The molecule has 0 unspecified atom stereocenters. The van der Waals surface area contributed by atoms with Gasteiger partial charge in [0.1, 0.15) is 0 Å². The number of carbonyl (C=O) groups is 1. The molecule has 0 atom stereocenters. The van der Waals surface area contributed by atoms with Crippen LogP contribution in [-0.4, -0.2) is 57.0 Å². The van der Waals surface area contributed by atoms with Crippen LogP contribution in [0, 0.1) is 5.92 Å². The van der Waals surface area contributed by atoms with E-state index in [2.05, 4.69) is 25.3 Å². The summed E-state index contributed by atoms with van der Waals surface area (Å²) in [6, 6.07) is 1.96. The first-order valence-corrected chi connectivity index (χ1v) is 9.52. The van der Waals surface area contributed by atoms with E-state index in [1.54, 1.807) is 24.8 Å². The normalized spacial score (nSPS) is 19.0. The van der Waals surface area contributed by atoms with Gasteiger partial charge in [-0.25, -0.2) is 15.0 Å². The average molecular weight is 368 g/mol. The Morgan fingerprint density at radius 2 is 1.89 bits per heavy atom. The summed E-state index contributed by atoms with van der Waals surface area (Å²) in [5.41, 5.74) is 1.01. The van der Waals surface area contributed by atoms with Crippen molar-refractivity contribution in [1.82, 2.24) is 24.8 Å². The molecule has 2 aliphatic rings. The van der Waals surface area contributed by atoms with Crippen LogP contribution in [0.3, 0.4) is 0 Å². The van der Waals surface area contributed by atoms with Crippen LogP contribution in [0.5, 0.6) is 0 Å². The third kappa shape index (κ3) is 4.39. The summed E-state index contributed by atoms with van der Waals surface area (Å²) in [6.07, 6.45) is 10.2. The predicted molar refractivity (Wildman–Crippen MR) is 99.4 cm³/mol. The largest absolute Gasteiger partial charge is 0.381 e. The summed E-state index contributed by atoms with van der Waals surface area (Å²) in [5, 5.41) is 3.08. The Labute approximate surface area is 158 Å². The van der Waals surface area contributed by atoms with E-state index >= 15 is 0 Å². The molecule has 2 saturated heterocycles. The first-order valence-electron chi connectivity index (χ1n) is 9.52. The molecule has 0 saturated carbocycles. The van der Waals surface area contributed by atoms with Gasteiger partial charge in [-0.15, -0.1) is 0 Å². The Balaban J connectivity index is 1.35. The van der Waals surface area contributed by atoms with Crippen molar-refractivity contribution in [3.8, 4) is 0 Å². The lowest BCUT2D eigenvalue weighted by atomic mass is 9.91. The monoisotopic (exact) mass is 368 g/mol. The molecule has 0 aromatic carbocycles. The van der Waals surface area contributed by atoms with Gasteiger partial charge in [0.15, 0.2) is 5.82 Å². The highest BCUT2D eigenvalue weighted by atomic mass is 16.5. The van der Waals surface area contributed by atoms with Gasteiger partial charge in [-0.2, -0.15) is 0 Å². The van der Waals surface area contributed by atoms with Crippen molar-refractivity contribution < 1.29 is 9.53 Å². The van der Waals surface area contributed by atoms with Crippen LogP contribution in [0.2, 0.25) is 0 Å². The number of likely N-dealkylation sites (tertiary alicyclic amines) is 1. The average Bonchev–Trinajstić information content (AvgIpc) is 2.75. The molecule has 142 valence electrons. The summed E-state index contributed by atoms with van der Waals surface area (Å²) < 4.78 is 5.37. The number of piperidine rings is 1. The minimum absolute atomic E-state index is 0.136. The maximum Gasteiger partial charge on any atom is 0.228 e. The Kier molecular flexibility index (Phi) is 5.53.